The maximum Gasteiger partial charge on any atom is 0.179 e. The third kappa shape index (κ3) is 2.10. The van der Waals surface area contributed by atoms with Gasteiger partial charge in [-0.1, -0.05) is 35.5 Å². The average Bonchev–Trinajstić information content (AvgIpc) is 2.65. The first-order valence-corrected chi connectivity index (χ1v) is 6.81. The molecule has 1 aromatic carbocycles. The molecule has 1 unspecified atom stereocenters. The highest BCUT2D eigenvalue weighted by molar-refractivity contribution is 8.05. The van der Waals surface area contributed by atoms with Gasteiger partial charge in [0.2, 0.25) is 0 Å². The Morgan fingerprint density at radius 3 is 2.78 bits per heavy atom. The third-order valence-corrected chi connectivity index (χ3v) is 4.31. The molecule has 0 saturated carbocycles. The van der Waals surface area contributed by atoms with Crippen LogP contribution in [0.25, 0.3) is 5.57 Å². The number of carbonyl (C=O) groups excluding carboxylic acids is 1. The maximum absolute atomic E-state index is 12.2. The lowest BCUT2D eigenvalue weighted by molar-refractivity contribution is -0.112. The monoisotopic (exact) mass is 283 g/mol. The first kappa shape index (κ1) is 13.3. The Hall–Kier alpha value is -1.13. The highest BCUT2D eigenvalue weighted by Gasteiger charge is 2.33. The van der Waals surface area contributed by atoms with Crippen molar-refractivity contribution in [2.24, 2.45) is 0 Å². The van der Waals surface area contributed by atoms with Crippen LogP contribution in [0.1, 0.15) is 12.5 Å². The summed E-state index contributed by atoms with van der Waals surface area (Å²) in [5.41, 5.74) is 1.41. The number of Topliss-reactive ketones (excluding diaryl/α,β-unsaturated/α-hetero) is 1. The number of rotatable bonds is 3. The summed E-state index contributed by atoms with van der Waals surface area (Å²) in [6.07, 6.45) is 0. The van der Waals surface area contributed by atoms with Gasteiger partial charge in [0.15, 0.2) is 5.78 Å². The minimum absolute atomic E-state index is 0.0777. The molecule has 1 aliphatic heterocycles. The Balaban J connectivity index is 2.61. The Kier molecular flexibility index (Phi) is 3.88. The molecule has 0 aromatic heterocycles. The number of hydrogen-bond acceptors (Lipinski definition) is 4. The number of ether oxygens (including phenoxy) is 1. The van der Waals surface area contributed by atoms with Crippen LogP contribution in [0, 0.1) is 0 Å². The highest BCUT2D eigenvalue weighted by Crippen LogP contribution is 2.43. The molecule has 2 rings (SSSR count). The second-order valence-electron chi connectivity index (χ2n) is 3.90. The van der Waals surface area contributed by atoms with E-state index in [-0.39, 0.29) is 11.0 Å². The van der Waals surface area contributed by atoms with Crippen LogP contribution in [0.4, 0.5) is 0 Å². The quantitative estimate of drug-likeness (QED) is 0.926. The fraction of sp³-hybridized carbons (Fsp3) is 0.308. The van der Waals surface area contributed by atoms with Crippen molar-refractivity contribution in [3.63, 3.8) is 0 Å². The predicted molar refractivity (Wildman–Crippen MR) is 76.0 cm³/mol. The molecule has 1 heterocycles. The van der Waals surface area contributed by atoms with Crippen molar-refractivity contribution in [2.75, 3.05) is 14.2 Å². The first-order chi connectivity index (χ1) is 8.60. The van der Waals surface area contributed by atoms with Crippen molar-refractivity contribution in [3.05, 3.63) is 33.8 Å². The molecule has 0 fully saturated rings. The molecule has 0 spiro atoms. The van der Waals surface area contributed by atoms with E-state index in [1.807, 2.05) is 26.1 Å². The van der Waals surface area contributed by atoms with E-state index >= 15 is 0 Å². The summed E-state index contributed by atoms with van der Waals surface area (Å²) in [6, 6.07) is 5.43. The molecule has 3 nitrogen and oxygen atoms in total. The Morgan fingerprint density at radius 2 is 2.17 bits per heavy atom. The molecular weight excluding hydrogens is 270 g/mol. The number of para-hydroxylation sites is 1. The second kappa shape index (κ2) is 5.24. The van der Waals surface area contributed by atoms with Crippen molar-refractivity contribution in [1.82, 2.24) is 5.32 Å². The smallest absolute Gasteiger partial charge is 0.179 e. The predicted octanol–water partition coefficient (Wildman–Crippen LogP) is 2.94. The van der Waals surface area contributed by atoms with Gasteiger partial charge in [-0.05, 0) is 13.0 Å². The number of ketones is 1. The topological polar surface area (TPSA) is 38.3 Å². The van der Waals surface area contributed by atoms with Crippen LogP contribution in [0.3, 0.4) is 0 Å². The van der Waals surface area contributed by atoms with Gasteiger partial charge in [0, 0.05) is 12.6 Å². The maximum atomic E-state index is 12.2. The zero-order valence-electron chi connectivity index (χ0n) is 10.4. The lowest BCUT2D eigenvalue weighted by Gasteiger charge is -2.11. The van der Waals surface area contributed by atoms with Crippen LogP contribution in [0.2, 0.25) is 5.02 Å². The number of benzene rings is 1. The summed E-state index contributed by atoms with van der Waals surface area (Å²) in [4.78, 5) is 12.2. The van der Waals surface area contributed by atoms with E-state index in [4.69, 9.17) is 16.3 Å². The van der Waals surface area contributed by atoms with E-state index in [9.17, 15) is 4.79 Å². The molecular formula is C13H14ClNO2S. The van der Waals surface area contributed by atoms with Gasteiger partial charge in [-0.2, -0.15) is 0 Å². The van der Waals surface area contributed by atoms with E-state index < -0.39 is 0 Å². The van der Waals surface area contributed by atoms with Crippen LogP contribution in [-0.4, -0.2) is 25.2 Å². The van der Waals surface area contributed by atoms with Crippen LogP contribution in [0.5, 0.6) is 5.75 Å². The van der Waals surface area contributed by atoms with E-state index in [0.717, 1.165) is 10.6 Å². The first-order valence-electron chi connectivity index (χ1n) is 5.56. The molecule has 0 bridgehead atoms. The highest BCUT2D eigenvalue weighted by atomic mass is 35.5. The molecule has 0 saturated heterocycles. The fourth-order valence-electron chi connectivity index (χ4n) is 1.96. The number of halogens is 1. The van der Waals surface area contributed by atoms with Gasteiger partial charge < -0.3 is 10.1 Å². The number of thioether (sulfide) groups is 1. The summed E-state index contributed by atoms with van der Waals surface area (Å²) < 4.78 is 5.31. The van der Waals surface area contributed by atoms with Gasteiger partial charge >= 0.3 is 0 Å². The Morgan fingerprint density at radius 1 is 1.44 bits per heavy atom. The fourth-order valence-corrected chi connectivity index (χ4v) is 3.23. The van der Waals surface area contributed by atoms with Crippen molar-refractivity contribution in [3.8, 4) is 5.75 Å². The molecule has 1 atom stereocenters. The Bertz CT molecular complexity index is 528. The van der Waals surface area contributed by atoms with Crippen molar-refractivity contribution < 1.29 is 9.53 Å². The minimum Gasteiger partial charge on any atom is -0.495 e. The standard InChI is InChI=1S/C13H14ClNO2S/c1-7-11(16)10(13(15-2)18-7)8-5-4-6-9(14)12(8)17-3/h4-7,15H,1-3H3. The summed E-state index contributed by atoms with van der Waals surface area (Å²) in [5, 5.41) is 4.37. The van der Waals surface area contributed by atoms with Crippen LogP contribution in [0.15, 0.2) is 23.2 Å². The molecule has 96 valence electrons. The molecule has 5 heteroatoms. The van der Waals surface area contributed by atoms with Gasteiger partial charge in [0.05, 0.1) is 28.0 Å². The summed E-state index contributed by atoms with van der Waals surface area (Å²) in [6.45, 7) is 1.90. The SMILES string of the molecule is CNC1=C(c2cccc(Cl)c2OC)C(=O)C(C)S1. The van der Waals surface area contributed by atoms with Crippen LogP contribution < -0.4 is 10.1 Å². The van der Waals surface area contributed by atoms with Crippen LogP contribution in [-0.2, 0) is 4.79 Å². The van der Waals surface area contributed by atoms with Crippen molar-refractivity contribution >= 4 is 34.7 Å². The van der Waals surface area contributed by atoms with E-state index in [1.165, 1.54) is 11.8 Å². The zero-order chi connectivity index (χ0) is 13.3. The van der Waals surface area contributed by atoms with E-state index in [2.05, 4.69) is 5.32 Å². The van der Waals surface area contributed by atoms with Crippen LogP contribution >= 0.6 is 23.4 Å². The molecule has 1 N–H and O–H groups in total. The zero-order valence-corrected chi connectivity index (χ0v) is 12.0. The van der Waals surface area contributed by atoms with Gasteiger partial charge in [0.1, 0.15) is 5.75 Å². The van der Waals surface area contributed by atoms with Crippen molar-refractivity contribution in [1.29, 1.82) is 0 Å². The summed E-state index contributed by atoms with van der Waals surface area (Å²) in [5.74, 6) is 0.648. The summed E-state index contributed by atoms with van der Waals surface area (Å²) >= 11 is 7.62. The number of hydrogen-bond donors (Lipinski definition) is 1. The van der Waals surface area contributed by atoms with Gasteiger partial charge in [-0.15, -0.1) is 0 Å². The number of methoxy groups -OCH3 is 1. The normalized spacial score (nSPS) is 19.3. The molecule has 0 radical (unpaired) electrons. The van der Waals surface area contributed by atoms with Gasteiger partial charge in [-0.3, -0.25) is 4.79 Å². The lowest BCUT2D eigenvalue weighted by atomic mass is 10.00. The van der Waals surface area contributed by atoms with E-state index in [0.29, 0.717) is 16.3 Å². The third-order valence-electron chi connectivity index (χ3n) is 2.80. The Labute approximate surface area is 116 Å². The van der Waals surface area contributed by atoms with Crippen molar-refractivity contribution in [2.45, 2.75) is 12.2 Å². The molecule has 1 aromatic rings. The molecule has 0 amide bonds. The largest absolute Gasteiger partial charge is 0.495 e. The molecule has 1 aliphatic rings. The number of nitrogens with one attached hydrogen (secondary N) is 1. The lowest BCUT2D eigenvalue weighted by Crippen LogP contribution is -2.10. The summed E-state index contributed by atoms with van der Waals surface area (Å²) in [7, 11) is 3.37. The minimum atomic E-state index is -0.0777. The number of carbonyl (C=O) groups is 1. The second-order valence-corrected chi connectivity index (χ2v) is 5.66. The molecule has 0 aliphatic carbocycles. The number of allylic oxidation sites excluding steroid dienone is 1. The average molecular weight is 284 g/mol. The van der Waals surface area contributed by atoms with E-state index in [1.54, 1.807) is 13.2 Å². The van der Waals surface area contributed by atoms with Gasteiger partial charge in [-0.25, -0.2) is 0 Å². The molecule has 18 heavy (non-hydrogen) atoms. The van der Waals surface area contributed by atoms with Gasteiger partial charge in [0.25, 0.3) is 0 Å².